The number of aryl methyl sites for hydroxylation is 1. The van der Waals surface area contributed by atoms with Crippen LogP contribution >= 0.6 is 0 Å². The Morgan fingerprint density at radius 1 is 1.56 bits per heavy atom. The molecule has 98 valence electrons. The molecular weight excluding hydrogens is 228 g/mol. The Morgan fingerprint density at radius 3 is 2.94 bits per heavy atom. The molecule has 1 amide bonds. The van der Waals surface area contributed by atoms with Crippen LogP contribution in [0.3, 0.4) is 0 Å². The van der Waals surface area contributed by atoms with Crippen LogP contribution in [0.4, 0.5) is 0 Å². The Hall–Kier alpha value is -1.36. The Kier molecular flexibility index (Phi) is 3.07. The van der Waals surface area contributed by atoms with E-state index in [1.54, 1.807) is 17.1 Å². The van der Waals surface area contributed by atoms with Crippen LogP contribution in [0.15, 0.2) is 12.4 Å². The molecule has 2 fully saturated rings. The first-order chi connectivity index (χ1) is 8.74. The predicted octanol–water partition coefficient (Wildman–Crippen LogP) is 0.777. The van der Waals surface area contributed by atoms with Gasteiger partial charge >= 0.3 is 0 Å². The highest BCUT2D eigenvalue weighted by Gasteiger charge is 2.35. The van der Waals surface area contributed by atoms with Crippen LogP contribution in [0.25, 0.3) is 0 Å². The van der Waals surface area contributed by atoms with Gasteiger partial charge in [-0.15, -0.1) is 0 Å². The second kappa shape index (κ2) is 4.72. The van der Waals surface area contributed by atoms with Crippen molar-refractivity contribution >= 4 is 5.91 Å². The highest BCUT2D eigenvalue weighted by molar-refractivity contribution is 5.94. The van der Waals surface area contributed by atoms with Gasteiger partial charge in [0.2, 0.25) is 0 Å². The maximum atomic E-state index is 12.5. The molecule has 1 aromatic rings. The summed E-state index contributed by atoms with van der Waals surface area (Å²) in [5.74, 6) is 0.138. The molecule has 2 aliphatic rings. The fourth-order valence-corrected chi connectivity index (χ4v) is 2.63. The van der Waals surface area contributed by atoms with E-state index in [4.69, 9.17) is 0 Å². The summed E-state index contributed by atoms with van der Waals surface area (Å²) in [5.41, 5.74) is 0.711. The highest BCUT2D eigenvalue weighted by Crippen LogP contribution is 2.29. The van der Waals surface area contributed by atoms with Gasteiger partial charge in [0, 0.05) is 31.9 Å². The summed E-state index contributed by atoms with van der Waals surface area (Å²) in [6.45, 7) is 1.93. The van der Waals surface area contributed by atoms with Crippen molar-refractivity contribution in [3.63, 3.8) is 0 Å². The molecule has 1 aliphatic carbocycles. The molecule has 1 unspecified atom stereocenters. The van der Waals surface area contributed by atoms with E-state index in [2.05, 4.69) is 10.4 Å². The van der Waals surface area contributed by atoms with Gasteiger partial charge in [0.05, 0.1) is 11.8 Å². The third-order valence-electron chi connectivity index (χ3n) is 3.78. The summed E-state index contributed by atoms with van der Waals surface area (Å²) < 4.78 is 1.69. The average Bonchev–Trinajstić information content (AvgIpc) is 2.88. The summed E-state index contributed by atoms with van der Waals surface area (Å²) in [6.07, 6.45) is 8.19. The van der Waals surface area contributed by atoms with Crippen molar-refractivity contribution in [2.75, 3.05) is 13.1 Å². The number of carbonyl (C=O) groups excluding carboxylic acids is 1. The lowest BCUT2D eigenvalue weighted by molar-refractivity contribution is 0.0728. The molecule has 0 radical (unpaired) electrons. The maximum absolute atomic E-state index is 12.5. The van der Waals surface area contributed by atoms with E-state index in [0.29, 0.717) is 17.6 Å². The second-order valence-corrected chi connectivity index (χ2v) is 5.38. The van der Waals surface area contributed by atoms with E-state index < -0.39 is 0 Å². The molecule has 2 heterocycles. The Morgan fingerprint density at radius 2 is 2.39 bits per heavy atom. The fourth-order valence-electron chi connectivity index (χ4n) is 2.63. The van der Waals surface area contributed by atoms with Gasteiger partial charge in [0.15, 0.2) is 0 Å². The molecule has 0 aromatic carbocycles. The third kappa shape index (κ3) is 2.41. The largest absolute Gasteiger partial charge is 0.334 e. The Labute approximate surface area is 107 Å². The molecule has 1 saturated carbocycles. The number of aromatic nitrogens is 2. The lowest BCUT2D eigenvalue weighted by Gasteiger charge is -2.25. The molecule has 0 spiro atoms. The zero-order valence-corrected chi connectivity index (χ0v) is 10.8. The van der Waals surface area contributed by atoms with Crippen molar-refractivity contribution in [3.8, 4) is 0 Å². The van der Waals surface area contributed by atoms with Crippen molar-refractivity contribution in [2.45, 2.75) is 37.8 Å². The van der Waals surface area contributed by atoms with Crippen LogP contribution in [0.5, 0.6) is 0 Å². The van der Waals surface area contributed by atoms with Crippen LogP contribution in [-0.4, -0.2) is 45.8 Å². The summed E-state index contributed by atoms with van der Waals surface area (Å²) in [6, 6.07) is 0.936. The number of amides is 1. The third-order valence-corrected chi connectivity index (χ3v) is 3.78. The van der Waals surface area contributed by atoms with E-state index in [-0.39, 0.29) is 5.91 Å². The van der Waals surface area contributed by atoms with E-state index in [1.807, 2.05) is 11.9 Å². The molecule has 1 aromatic heterocycles. The van der Waals surface area contributed by atoms with Crippen molar-refractivity contribution in [3.05, 3.63) is 18.0 Å². The topological polar surface area (TPSA) is 50.2 Å². The van der Waals surface area contributed by atoms with Gasteiger partial charge in [-0.1, -0.05) is 0 Å². The van der Waals surface area contributed by atoms with Crippen molar-refractivity contribution < 1.29 is 4.79 Å². The number of nitrogens with zero attached hydrogens (tertiary/aromatic N) is 3. The van der Waals surface area contributed by atoms with Crippen LogP contribution in [0.1, 0.15) is 36.0 Å². The van der Waals surface area contributed by atoms with Crippen LogP contribution in [0, 0.1) is 0 Å². The molecule has 5 nitrogen and oxygen atoms in total. The first-order valence-electron chi connectivity index (χ1n) is 6.77. The highest BCUT2D eigenvalue weighted by atomic mass is 16.2. The zero-order chi connectivity index (χ0) is 12.5. The van der Waals surface area contributed by atoms with Crippen LogP contribution < -0.4 is 5.32 Å². The van der Waals surface area contributed by atoms with Gasteiger partial charge in [-0.25, -0.2) is 0 Å². The molecular formula is C13H20N4O. The average molecular weight is 248 g/mol. The van der Waals surface area contributed by atoms with E-state index >= 15 is 0 Å². The van der Waals surface area contributed by atoms with E-state index in [0.717, 1.165) is 25.9 Å². The molecule has 1 N–H and O–H groups in total. The minimum Gasteiger partial charge on any atom is -0.334 e. The molecule has 1 atom stereocenters. The Balaban J connectivity index is 1.70. The van der Waals surface area contributed by atoms with Gasteiger partial charge in [-0.3, -0.25) is 9.48 Å². The number of carbonyl (C=O) groups is 1. The summed E-state index contributed by atoms with van der Waals surface area (Å²) in [7, 11) is 1.84. The number of hydrogen-bond acceptors (Lipinski definition) is 3. The molecule has 3 rings (SSSR count). The molecule has 18 heavy (non-hydrogen) atoms. The lowest BCUT2D eigenvalue weighted by Crippen LogP contribution is -2.42. The van der Waals surface area contributed by atoms with Crippen molar-refractivity contribution in [1.82, 2.24) is 20.0 Å². The smallest absolute Gasteiger partial charge is 0.257 e. The van der Waals surface area contributed by atoms with Crippen LogP contribution in [-0.2, 0) is 7.05 Å². The minimum atomic E-state index is 0.138. The quantitative estimate of drug-likeness (QED) is 0.856. The summed E-state index contributed by atoms with van der Waals surface area (Å²) >= 11 is 0. The monoisotopic (exact) mass is 248 g/mol. The minimum absolute atomic E-state index is 0.138. The molecule has 0 bridgehead atoms. The van der Waals surface area contributed by atoms with Gasteiger partial charge in [0.1, 0.15) is 0 Å². The standard InChI is InChI=1S/C13H20N4O/c1-16-8-10(7-15-16)13(18)17(12-4-5-12)9-11-3-2-6-14-11/h7-8,11-12,14H,2-6,9H2,1H3. The Bertz CT molecular complexity index is 432. The number of nitrogens with one attached hydrogen (secondary N) is 1. The normalized spacial score (nSPS) is 23.3. The fraction of sp³-hybridized carbons (Fsp3) is 0.692. The van der Waals surface area contributed by atoms with E-state index in [1.165, 1.54) is 12.8 Å². The second-order valence-electron chi connectivity index (χ2n) is 5.38. The van der Waals surface area contributed by atoms with Crippen LogP contribution in [0.2, 0.25) is 0 Å². The SMILES string of the molecule is Cn1cc(C(=O)N(CC2CCCN2)C2CC2)cn1. The number of rotatable bonds is 4. The first kappa shape index (κ1) is 11.7. The summed E-state index contributed by atoms with van der Waals surface area (Å²) in [4.78, 5) is 14.5. The maximum Gasteiger partial charge on any atom is 0.257 e. The molecule has 1 aliphatic heterocycles. The van der Waals surface area contributed by atoms with E-state index in [9.17, 15) is 4.79 Å². The van der Waals surface area contributed by atoms with Gasteiger partial charge in [-0.2, -0.15) is 5.10 Å². The summed E-state index contributed by atoms with van der Waals surface area (Å²) in [5, 5.41) is 7.55. The number of hydrogen-bond donors (Lipinski definition) is 1. The van der Waals surface area contributed by atoms with Gasteiger partial charge in [0.25, 0.3) is 5.91 Å². The van der Waals surface area contributed by atoms with Gasteiger partial charge in [-0.05, 0) is 32.2 Å². The zero-order valence-electron chi connectivity index (χ0n) is 10.8. The first-order valence-corrected chi connectivity index (χ1v) is 6.77. The molecule has 5 heteroatoms. The lowest BCUT2D eigenvalue weighted by atomic mass is 10.2. The van der Waals surface area contributed by atoms with Crippen molar-refractivity contribution in [1.29, 1.82) is 0 Å². The van der Waals surface area contributed by atoms with Gasteiger partial charge < -0.3 is 10.2 Å². The molecule has 1 saturated heterocycles. The predicted molar refractivity (Wildman–Crippen MR) is 68.3 cm³/mol. The van der Waals surface area contributed by atoms with Crippen molar-refractivity contribution in [2.24, 2.45) is 7.05 Å².